The molecule has 0 bridgehead atoms. The summed E-state index contributed by atoms with van der Waals surface area (Å²) in [6.07, 6.45) is 5.09. The van der Waals surface area contributed by atoms with Crippen LogP contribution in [0.1, 0.15) is 63.8 Å². The molecule has 1 fully saturated rings. The summed E-state index contributed by atoms with van der Waals surface area (Å²) in [6.45, 7) is 7.08. The average molecular weight is 466 g/mol. The van der Waals surface area contributed by atoms with Crippen LogP contribution in [0.5, 0.6) is 0 Å². The molecule has 7 heteroatoms. The molecule has 1 aliphatic carbocycles. The number of rotatable bonds is 6. The molecule has 0 aliphatic heterocycles. The third-order valence-electron chi connectivity index (χ3n) is 4.19. The maximum atomic E-state index is 5.36. The first-order chi connectivity index (χ1) is 11.1. The molecule has 0 saturated heterocycles. The molecule has 5 nitrogen and oxygen atoms in total. The normalized spacial score (nSPS) is 21.5. The van der Waals surface area contributed by atoms with E-state index in [9.17, 15) is 0 Å². The lowest BCUT2D eigenvalue weighted by molar-refractivity contribution is 0.370. The van der Waals surface area contributed by atoms with Crippen LogP contribution in [-0.2, 0) is 6.54 Å². The molecule has 0 amide bonds. The molecule has 0 aromatic carbocycles. The van der Waals surface area contributed by atoms with Crippen molar-refractivity contribution in [3.8, 4) is 0 Å². The number of nitrogens with one attached hydrogen (secondary N) is 2. The molecule has 138 valence electrons. The van der Waals surface area contributed by atoms with E-state index in [0.717, 1.165) is 22.7 Å². The third kappa shape index (κ3) is 6.82. The Morgan fingerprint density at radius 3 is 2.88 bits per heavy atom. The molecule has 1 aromatic heterocycles. The van der Waals surface area contributed by atoms with E-state index < -0.39 is 0 Å². The van der Waals surface area contributed by atoms with Gasteiger partial charge in [-0.05, 0) is 30.9 Å². The summed E-state index contributed by atoms with van der Waals surface area (Å²) in [4.78, 5) is 4.34. The van der Waals surface area contributed by atoms with E-state index >= 15 is 0 Å². The second kappa shape index (κ2) is 11.2. The van der Waals surface area contributed by atoms with Gasteiger partial charge in [0.2, 0.25) is 0 Å². The standard InChI is InChI=1S/C17H30N4OS.HI/c1-5-23-15-8-6-7-13(9-15)20-17(18-4)19-11-14-10-16(12(2)3)21-22-14;/h10,12-13,15H,5-9,11H2,1-4H3,(H2,18,19,20);1H. The minimum absolute atomic E-state index is 0. The molecule has 2 N–H and O–H groups in total. The van der Waals surface area contributed by atoms with Gasteiger partial charge < -0.3 is 15.2 Å². The van der Waals surface area contributed by atoms with E-state index in [1.54, 1.807) is 0 Å². The number of hydrogen-bond donors (Lipinski definition) is 2. The molecule has 2 atom stereocenters. The van der Waals surface area contributed by atoms with E-state index in [4.69, 9.17) is 4.52 Å². The van der Waals surface area contributed by atoms with E-state index in [2.05, 4.69) is 53.3 Å². The van der Waals surface area contributed by atoms with Crippen molar-refractivity contribution in [1.82, 2.24) is 15.8 Å². The van der Waals surface area contributed by atoms with Crippen molar-refractivity contribution in [2.24, 2.45) is 4.99 Å². The van der Waals surface area contributed by atoms with Crippen LogP contribution in [0.15, 0.2) is 15.6 Å². The number of nitrogens with zero attached hydrogens (tertiary/aromatic N) is 2. The molecule has 24 heavy (non-hydrogen) atoms. The number of thioether (sulfide) groups is 1. The van der Waals surface area contributed by atoms with Crippen molar-refractivity contribution < 1.29 is 4.52 Å². The van der Waals surface area contributed by atoms with E-state index in [1.165, 1.54) is 31.4 Å². The molecule has 1 saturated carbocycles. The zero-order valence-electron chi connectivity index (χ0n) is 15.2. The molecule has 1 aromatic rings. The van der Waals surface area contributed by atoms with Gasteiger partial charge in [-0.3, -0.25) is 4.99 Å². The van der Waals surface area contributed by atoms with E-state index in [0.29, 0.717) is 18.5 Å². The molecule has 1 aliphatic rings. The molecule has 2 rings (SSSR count). The van der Waals surface area contributed by atoms with Crippen LogP contribution >= 0.6 is 35.7 Å². The molecule has 0 spiro atoms. The fraction of sp³-hybridized carbons (Fsp3) is 0.765. The minimum atomic E-state index is 0. The van der Waals surface area contributed by atoms with Crippen LogP contribution in [0.2, 0.25) is 0 Å². The van der Waals surface area contributed by atoms with Gasteiger partial charge in [-0.2, -0.15) is 11.8 Å². The molecule has 0 radical (unpaired) electrons. The van der Waals surface area contributed by atoms with Crippen LogP contribution in [0.25, 0.3) is 0 Å². The predicted molar refractivity (Wildman–Crippen MR) is 114 cm³/mol. The Labute approximate surface area is 167 Å². The number of halogens is 1. The van der Waals surface area contributed by atoms with Gasteiger partial charge in [-0.25, -0.2) is 0 Å². The van der Waals surface area contributed by atoms with Crippen LogP contribution in [-0.4, -0.2) is 35.2 Å². The first-order valence-electron chi connectivity index (χ1n) is 8.66. The summed E-state index contributed by atoms with van der Waals surface area (Å²) in [5.41, 5.74) is 0.997. The Morgan fingerprint density at radius 1 is 1.46 bits per heavy atom. The first kappa shape index (κ1) is 21.6. The van der Waals surface area contributed by atoms with Crippen molar-refractivity contribution in [2.45, 2.75) is 70.2 Å². The van der Waals surface area contributed by atoms with Crippen molar-refractivity contribution in [3.05, 3.63) is 17.5 Å². The van der Waals surface area contributed by atoms with Crippen molar-refractivity contribution >= 4 is 41.7 Å². The van der Waals surface area contributed by atoms with Gasteiger partial charge in [0.25, 0.3) is 0 Å². The molecule has 1 heterocycles. The lowest BCUT2D eigenvalue weighted by Crippen LogP contribution is -2.45. The first-order valence-corrected chi connectivity index (χ1v) is 9.71. The summed E-state index contributed by atoms with van der Waals surface area (Å²) in [5, 5.41) is 11.8. The molecule has 2 unspecified atom stereocenters. The molecular weight excluding hydrogens is 435 g/mol. The summed E-state index contributed by atoms with van der Waals surface area (Å²) in [6, 6.07) is 2.53. The van der Waals surface area contributed by atoms with Crippen LogP contribution < -0.4 is 10.6 Å². The Balaban J connectivity index is 0.00000288. The second-order valence-electron chi connectivity index (χ2n) is 6.38. The summed E-state index contributed by atoms with van der Waals surface area (Å²) < 4.78 is 5.36. The van der Waals surface area contributed by atoms with Crippen molar-refractivity contribution in [3.63, 3.8) is 0 Å². The Bertz CT molecular complexity index is 505. The Morgan fingerprint density at radius 2 is 2.25 bits per heavy atom. The Hall–Kier alpha value is -0.440. The van der Waals surface area contributed by atoms with Gasteiger partial charge in [-0.15, -0.1) is 24.0 Å². The Kier molecular flexibility index (Phi) is 10.1. The molecular formula is C17H31IN4OS. The van der Waals surface area contributed by atoms with Crippen LogP contribution in [0.4, 0.5) is 0 Å². The van der Waals surface area contributed by atoms with Crippen LogP contribution in [0, 0.1) is 0 Å². The zero-order chi connectivity index (χ0) is 16.7. The number of aliphatic imine (C=N–C) groups is 1. The highest BCUT2D eigenvalue weighted by molar-refractivity contribution is 14.0. The predicted octanol–water partition coefficient (Wildman–Crippen LogP) is 4.15. The highest BCUT2D eigenvalue weighted by Crippen LogP contribution is 2.28. The van der Waals surface area contributed by atoms with Gasteiger partial charge in [0, 0.05) is 24.4 Å². The largest absolute Gasteiger partial charge is 0.359 e. The monoisotopic (exact) mass is 466 g/mol. The fourth-order valence-electron chi connectivity index (χ4n) is 2.91. The lowest BCUT2D eigenvalue weighted by Gasteiger charge is -2.30. The lowest BCUT2D eigenvalue weighted by atomic mass is 9.95. The average Bonchev–Trinajstić information content (AvgIpc) is 3.01. The quantitative estimate of drug-likeness (QED) is 0.375. The van der Waals surface area contributed by atoms with Gasteiger partial charge in [0.1, 0.15) is 0 Å². The highest BCUT2D eigenvalue weighted by atomic mass is 127. The summed E-state index contributed by atoms with van der Waals surface area (Å²) in [5.74, 6) is 3.29. The number of guanidine groups is 1. The maximum absolute atomic E-state index is 5.36. The second-order valence-corrected chi connectivity index (χ2v) is 7.96. The smallest absolute Gasteiger partial charge is 0.191 e. The van der Waals surface area contributed by atoms with Gasteiger partial charge in [0.05, 0.1) is 12.2 Å². The maximum Gasteiger partial charge on any atom is 0.191 e. The summed E-state index contributed by atoms with van der Waals surface area (Å²) >= 11 is 2.08. The van der Waals surface area contributed by atoms with Crippen LogP contribution in [0.3, 0.4) is 0 Å². The fourth-order valence-corrected chi connectivity index (χ4v) is 4.08. The minimum Gasteiger partial charge on any atom is -0.359 e. The highest BCUT2D eigenvalue weighted by Gasteiger charge is 2.22. The van der Waals surface area contributed by atoms with Gasteiger partial charge in [0.15, 0.2) is 11.7 Å². The van der Waals surface area contributed by atoms with E-state index in [-0.39, 0.29) is 24.0 Å². The SMILES string of the molecule is CCSC1CCCC(NC(=NC)NCc2cc(C(C)C)no2)C1.I. The van der Waals surface area contributed by atoms with Crippen molar-refractivity contribution in [1.29, 1.82) is 0 Å². The van der Waals surface area contributed by atoms with E-state index in [1.807, 2.05) is 13.1 Å². The van der Waals surface area contributed by atoms with Gasteiger partial charge >= 0.3 is 0 Å². The number of hydrogen-bond acceptors (Lipinski definition) is 4. The summed E-state index contributed by atoms with van der Waals surface area (Å²) in [7, 11) is 1.82. The van der Waals surface area contributed by atoms with Gasteiger partial charge in [-0.1, -0.05) is 32.3 Å². The third-order valence-corrected chi connectivity index (χ3v) is 5.42. The topological polar surface area (TPSA) is 62.5 Å². The zero-order valence-corrected chi connectivity index (χ0v) is 18.3. The van der Waals surface area contributed by atoms with Crippen molar-refractivity contribution in [2.75, 3.05) is 12.8 Å². The number of aromatic nitrogens is 1.